The van der Waals surface area contributed by atoms with Crippen molar-refractivity contribution in [2.45, 2.75) is 51.0 Å². The molecule has 1 unspecified atom stereocenters. The third kappa shape index (κ3) is 4.24. The van der Waals surface area contributed by atoms with Crippen LogP contribution in [0.3, 0.4) is 0 Å². The van der Waals surface area contributed by atoms with Crippen molar-refractivity contribution in [1.29, 1.82) is 0 Å². The van der Waals surface area contributed by atoms with Gasteiger partial charge in [-0.2, -0.15) is 5.10 Å². The fourth-order valence-electron chi connectivity index (χ4n) is 6.52. The molecule has 9 nitrogen and oxygen atoms in total. The van der Waals surface area contributed by atoms with Gasteiger partial charge >= 0.3 is 0 Å². The van der Waals surface area contributed by atoms with Crippen LogP contribution in [-0.2, 0) is 11.3 Å². The largest absolute Gasteiger partial charge is 0.372 e. The fourth-order valence-corrected chi connectivity index (χ4v) is 6.84. The molecule has 42 heavy (non-hydrogen) atoms. The topological polar surface area (TPSA) is 116 Å². The third-order valence-corrected chi connectivity index (χ3v) is 9.08. The minimum atomic E-state index is -1.21. The zero-order chi connectivity index (χ0) is 29.1. The molecule has 2 aromatic heterocycles. The summed E-state index contributed by atoms with van der Waals surface area (Å²) in [6.45, 7) is 1.38. The number of carbonyl (C=O) groups excluding carboxylic acids is 2. The zero-order valence-electron chi connectivity index (χ0n) is 22.7. The van der Waals surface area contributed by atoms with Gasteiger partial charge in [-0.15, -0.1) is 0 Å². The minimum Gasteiger partial charge on any atom is -0.372 e. The van der Waals surface area contributed by atoms with Crippen molar-refractivity contribution in [3.05, 3.63) is 77.5 Å². The van der Waals surface area contributed by atoms with Gasteiger partial charge in [-0.3, -0.25) is 14.3 Å². The lowest BCUT2D eigenvalue weighted by Gasteiger charge is -2.38. The van der Waals surface area contributed by atoms with Gasteiger partial charge in [0.25, 0.3) is 0 Å². The zero-order valence-corrected chi connectivity index (χ0v) is 23.5. The number of hydrogen-bond acceptors (Lipinski definition) is 6. The number of aliphatic hydroxyl groups is 1. The molecule has 1 aliphatic heterocycles. The van der Waals surface area contributed by atoms with Gasteiger partial charge in [-0.05, 0) is 43.4 Å². The van der Waals surface area contributed by atoms with Gasteiger partial charge in [0.1, 0.15) is 18.5 Å². The number of para-hydroxylation sites is 1. The lowest BCUT2D eigenvalue weighted by atomic mass is 9.80. The number of nitrogens with one attached hydrogen (secondary N) is 2. The van der Waals surface area contributed by atoms with Gasteiger partial charge in [-0.1, -0.05) is 48.0 Å². The van der Waals surface area contributed by atoms with E-state index in [1.54, 1.807) is 39.9 Å². The normalized spacial score (nSPS) is 20.5. The van der Waals surface area contributed by atoms with E-state index in [-0.39, 0.29) is 41.4 Å². The highest BCUT2D eigenvalue weighted by Crippen LogP contribution is 2.45. The number of aliphatic hydroxyl groups excluding tert-OH is 1. The third-order valence-electron chi connectivity index (χ3n) is 8.69. The molecule has 4 atom stereocenters. The number of fused-ring (bicyclic) bond motifs is 3. The average Bonchev–Trinajstić information content (AvgIpc) is 3.65. The maximum Gasteiger partial charge on any atom is 0.244 e. The molecule has 1 saturated heterocycles. The number of imidazole rings is 1. The number of nitrogens with zero attached hydrogens (tertiary/aromatic N) is 4. The summed E-state index contributed by atoms with van der Waals surface area (Å²) >= 11 is 6.59. The van der Waals surface area contributed by atoms with Crippen LogP contribution >= 0.6 is 11.6 Å². The molecule has 1 amide bonds. The molecule has 5 aromatic rings. The molecular formula is C31H28ClFN6O3. The summed E-state index contributed by atoms with van der Waals surface area (Å²) in [4.78, 5) is 34.9. The number of anilines is 1. The Kier molecular flexibility index (Phi) is 6.47. The van der Waals surface area contributed by atoms with Gasteiger partial charge in [-0.25, -0.2) is 9.37 Å². The Morgan fingerprint density at radius 1 is 1.14 bits per heavy atom. The average molecular weight is 587 g/mol. The van der Waals surface area contributed by atoms with E-state index in [1.807, 2.05) is 24.3 Å². The quantitative estimate of drug-likeness (QED) is 0.174. The van der Waals surface area contributed by atoms with Crippen LogP contribution in [0, 0.1) is 11.7 Å². The van der Waals surface area contributed by atoms with Crippen molar-refractivity contribution in [3.63, 3.8) is 0 Å². The predicted molar refractivity (Wildman–Crippen MR) is 158 cm³/mol. The second-order valence-electron chi connectivity index (χ2n) is 11.1. The molecule has 3 N–H and O–H groups in total. The lowest BCUT2D eigenvalue weighted by Crippen LogP contribution is -2.52. The number of aromatic nitrogens is 4. The molecule has 7 rings (SSSR count). The minimum absolute atomic E-state index is 0.00387. The van der Waals surface area contributed by atoms with Gasteiger partial charge in [0, 0.05) is 29.5 Å². The molecule has 1 saturated carbocycles. The van der Waals surface area contributed by atoms with Gasteiger partial charge < -0.3 is 20.3 Å². The number of amides is 1. The van der Waals surface area contributed by atoms with Gasteiger partial charge in [0.15, 0.2) is 11.6 Å². The highest BCUT2D eigenvalue weighted by molar-refractivity contribution is 6.37. The van der Waals surface area contributed by atoms with E-state index < -0.39 is 18.1 Å². The number of H-pyrrole nitrogens is 1. The van der Waals surface area contributed by atoms with Crippen LogP contribution in [0.4, 0.5) is 10.1 Å². The van der Waals surface area contributed by atoms with Crippen molar-refractivity contribution >= 4 is 50.9 Å². The van der Waals surface area contributed by atoms with Crippen LogP contribution in [0.1, 0.15) is 36.7 Å². The number of likely N-dealkylation sites (tertiary alicyclic amines) is 1. The Morgan fingerprint density at radius 3 is 2.76 bits per heavy atom. The Balaban J connectivity index is 1.15. The number of ketones is 1. The monoisotopic (exact) mass is 586 g/mol. The molecule has 3 aromatic carbocycles. The first-order valence-corrected chi connectivity index (χ1v) is 14.3. The molecule has 11 heteroatoms. The van der Waals surface area contributed by atoms with Crippen LogP contribution in [-0.4, -0.2) is 59.8 Å². The van der Waals surface area contributed by atoms with E-state index in [4.69, 9.17) is 11.6 Å². The summed E-state index contributed by atoms with van der Waals surface area (Å²) in [5, 5.41) is 19.8. The fraction of sp³-hybridized carbons (Fsp3) is 0.290. The second kappa shape index (κ2) is 10.2. The van der Waals surface area contributed by atoms with Crippen molar-refractivity contribution in [2.24, 2.45) is 5.92 Å². The number of aromatic amines is 1. The van der Waals surface area contributed by atoms with E-state index in [0.29, 0.717) is 44.6 Å². The molecule has 0 spiro atoms. The van der Waals surface area contributed by atoms with E-state index in [0.717, 1.165) is 12.8 Å². The summed E-state index contributed by atoms with van der Waals surface area (Å²) in [7, 11) is 0. The molecule has 214 valence electrons. The molecular weight excluding hydrogens is 559 g/mol. The molecule has 2 fully saturated rings. The van der Waals surface area contributed by atoms with Crippen LogP contribution in [0.25, 0.3) is 33.1 Å². The summed E-state index contributed by atoms with van der Waals surface area (Å²) in [5.41, 5.74) is 3.19. The first-order chi connectivity index (χ1) is 20.3. The number of halogens is 2. The van der Waals surface area contributed by atoms with Gasteiger partial charge in [0.05, 0.1) is 39.6 Å². The standard InChI is InChI=1S/C31H28ClFN6O3/c1-16(40)29-20-5-2-3-8-24(20)38(37-29)14-26(41)39-23-12-9-17(23)13-25(39)31(42)36-21-7-4-6-19(28(21)33)18-10-11-22-30(27(18)32)35-15-34-22/h2-8,10-11,15,17,23,25,31,36,42H,9,12-14H2,1H3,(H,34,35)/t17-,23-,25+,31?/m1/s1. The first-order valence-electron chi connectivity index (χ1n) is 13.9. The SMILES string of the molecule is CC(=O)c1nn(CC(=O)N2[C@@H]3CC[C@@H]3C[C@H]2C(O)Nc2cccc(-c3ccc4nc[nH]c4c3Cl)c2F)c2ccccc12. The Morgan fingerprint density at radius 2 is 1.98 bits per heavy atom. The molecule has 0 bridgehead atoms. The summed E-state index contributed by atoms with van der Waals surface area (Å²) < 4.78 is 17.4. The van der Waals surface area contributed by atoms with Crippen molar-refractivity contribution < 1.29 is 19.1 Å². The van der Waals surface area contributed by atoms with E-state index >= 15 is 4.39 Å². The number of hydrogen-bond donors (Lipinski definition) is 3. The van der Waals surface area contributed by atoms with Crippen molar-refractivity contribution in [1.82, 2.24) is 24.6 Å². The van der Waals surface area contributed by atoms with E-state index in [1.165, 1.54) is 13.3 Å². The van der Waals surface area contributed by atoms with E-state index in [2.05, 4.69) is 20.4 Å². The summed E-state index contributed by atoms with van der Waals surface area (Å²) in [6.07, 6.45) is 2.74. The second-order valence-corrected chi connectivity index (χ2v) is 11.4. The van der Waals surface area contributed by atoms with Crippen LogP contribution < -0.4 is 5.32 Å². The summed E-state index contributed by atoms with van der Waals surface area (Å²) in [5.74, 6) is -0.667. The lowest BCUT2D eigenvalue weighted by molar-refractivity contribution is -0.138. The highest BCUT2D eigenvalue weighted by Gasteiger charge is 2.50. The van der Waals surface area contributed by atoms with Crippen LogP contribution in [0.2, 0.25) is 5.02 Å². The maximum atomic E-state index is 15.9. The molecule has 3 heterocycles. The number of Topliss-reactive ketones (excluding diaryl/α,β-unsaturated/α-hetero) is 1. The summed E-state index contributed by atoms with van der Waals surface area (Å²) in [6, 6.07) is 15.1. The predicted octanol–water partition coefficient (Wildman–Crippen LogP) is 5.38. The first kappa shape index (κ1) is 26.6. The Hall–Kier alpha value is -4.28. The number of carbonyl (C=O) groups is 2. The van der Waals surface area contributed by atoms with Crippen LogP contribution in [0.5, 0.6) is 0 Å². The molecule has 0 radical (unpaired) electrons. The van der Waals surface area contributed by atoms with E-state index in [9.17, 15) is 14.7 Å². The molecule has 2 aliphatic rings. The smallest absolute Gasteiger partial charge is 0.244 e. The molecule has 1 aliphatic carbocycles. The number of benzene rings is 3. The highest BCUT2D eigenvalue weighted by atomic mass is 35.5. The van der Waals surface area contributed by atoms with Crippen molar-refractivity contribution in [3.8, 4) is 11.1 Å². The van der Waals surface area contributed by atoms with Gasteiger partial charge in [0.2, 0.25) is 5.91 Å². The van der Waals surface area contributed by atoms with Crippen molar-refractivity contribution in [2.75, 3.05) is 5.32 Å². The Labute approximate surface area is 245 Å². The number of rotatable bonds is 7. The Bertz CT molecular complexity index is 1870. The van der Waals surface area contributed by atoms with Crippen LogP contribution in [0.15, 0.2) is 60.9 Å². The maximum absolute atomic E-state index is 15.9.